The molecule has 0 saturated carbocycles. The van der Waals surface area contributed by atoms with E-state index in [0.29, 0.717) is 0 Å². The molecule has 1 unspecified atom stereocenters. The quantitative estimate of drug-likeness (QED) is 0.625. The molecule has 0 spiro atoms. The van der Waals surface area contributed by atoms with Crippen LogP contribution >= 0.6 is 0 Å². The maximum Gasteiger partial charge on any atom is 0.0597 e. The van der Waals surface area contributed by atoms with Crippen molar-refractivity contribution in [2.75, 3.05) is 53.4 Å². The Labute approximate surface area is 86.9 Å². The van der Waals surface area contributed by atoms with Crippen molar-refractivity contribution in [2.45, 2.75) is 12.5 Å². The Kier molecular flexibility index (Phi) is 5.40. The monoisotopic (exact) mass is 201 g/mol. The number of aliphatic hydroxyl groups excluding tert-OH is 1. The summed E-state index contributed by atoms with van der Waals surface area (Å²) in [5, 5.41) is 12.2. The van der Waals surface area contributed by atoms with Crippen LogP contribution in [-0.4, -0.2) is 74.4 Å². The lowest BCUT2D eigenvalue weighted by atomic mass is 10.2. The number of hydrogen-bond donors (Lipinski definition) is 2. The van der Waals surface area contributed by atoms with Gasteiger partial charge in [0.1, 0.15) is 0 Å². The van der Waals surface area contributed by atoms with Crippen molar-refractivity contribution in [3.8, 4) is 0 Å². The van der Waals surface area contributed by atoms with Gasteiger partial charge in [0.2, 0.25) is 0 Å². The molecule has 0 aromatic heterocycles. The smallest absolute Gasteiger partial charge is 0.0597 e. The lowest BCUT2D eigenvalue weighted by molar-refractivity contribution is 0.189. The number of rotatable bonds is 4. The topological polar surface area (TPSA) is 38.7 Å². The molecule has 0 radical (unpaired) electrons. The second-order valence-electron chi connectivity index (χ2n) is 4.13. The van der Waals surface area contributed by atoms with Gasteiger partial charge in [-0.15, -0.1) is 0 Å². The fourth-order valence-corrected chi connectivity index (χ4v) is 1.83. The molecule has 2 N–H and O–H groups in total. The second-order valence-corrected chi connectivity index (χ2v) is 4.13. The van der Waals surface area contributed by atoms with Crippen LogP contribution in [0.2, 0.25) is 0 Å². The Balaban J connectivity index is 2.29. The van der Waals surface area contributed by atoms with Crippen LogP contribution in [0, 0.1) is 0 Å². The third-order valence-electron chi connectivity index (χ3n) is 2.92. The van der Waals surface area contributed by atoms with Gasteiger partial charge in [0, 0.05) is 25.7 Å². The molecule has 4 heteroatoms. The molecule has 0 aromatic rings. The van der Waals surface area contributed by atoms with E-state index in [2.05, 4.69) is 22.2 Å². The Morgan fingerprint density at radius 2 is 2.07 bits per heavy atom. The first-order valence-electron chi connectivity index (χ1n) is 5.45. The van der Waals surface area contributed by atoms with E-state index < -0.39 is 0 Å². The molecule has 1 heterocycles. The van der Waals surface area contributed by atoms with E-state index in [1.165, 1.54) is 13.0 Å². The van der Waals surface area contributed by atoms with Gasteiger partial charge in [-0.3, -0.25) is 0 Å². The van der Waals surface area contributed by atoms with Crippen molar-refractivity contribution in [3.63, 3.8) is 0 Å². The molecular formula is C10H23N3O. The molecule has 1 atom stereocenters. The van der Waals surface area contributed by atoms with E-state index in [1.54, 1.807) is 0 Å². The van der Waals surface area contributed by atoms with Gasteiger partial charge in [0.25, 0.3) is 0 Å². The highest BCUT2D eigenvalue weighted by Gasteiger charge is 2.15. The Morgan fingerprint density at radius 1 is 1.29 bits per heavy atom. The summed E-state index contributed by atoms with van der Waals surface area (Å²) < 4.78 is 0. The van der Waals surface area contributed by atoms with Gasteiger partial charge in [-0.25, -0.2) is 0 Å². The van der Waals surface area contributed by atoms with E-state index in [4.69, 9.17) is 5.11 Å². The summed E-state index contributed by atoms with van der Waals surface area (Å²) in [5.41, 5.74) is 0. The molecule has 1 aliphatic heterocycles. The molecule has 0 aliphatic carbocycles. The number of likely N-dealkylation sites (N-methyl/N-ethyl adjacent to an activating group) is 2. The Morgan fingerprint density at radius 3 is 2.71 bits per heavy atom. The molecule has 14 heavy (non-hydrogen) atoms. The molecule has 1 fully saturated rings. The minimum atomic E-state index is 0.221. The fourth-order valence-electron chi connectivity index (χ4n) is 1.83. The lowest BCUT2D eigenvalue weighted by Crippen LogP contribution is -2.43. The van der Waals surface area contributed by atoms with Gasteiger partial charge in [-0.05, 0) is 33.6 Å². The minimum absolute atomic E-state index is 0.221. The summed E-state index contributed by atoms with van der Waals surface area (Å²) in [6.45, 7) is 5.79. The molecule has 4 nitrogen and oxygen atoms in total. The average Bonchev–Trinajstić information content (AvgIpc) is 2.40. The first-order chi connectivity index (χ1) is 6.76. The maximum atomic E-state index is 9.08. The van der Waals surface area contributed by atoms with Crippen LogP contribution in [-0.2, 0) is 0 Å². The van der Waals surface area contributed by atoms with Crippen molar-refractivity contribution in [1.82, 2.24) is 15.1 Å². The van der Waals surface area contributed by atoms with E-state index in [1.807, 2.05) is 7.05 Å². The van der Waals surface area contributed by atoms with Gasteiger partial charge in [0.05, 0.1) is 6.61 Å². The van der Waals surface area contributed by atoms with E-state index in [-0.39, 0.29) is 12.6 Å². The SMILES string of the molecule is CNC(CO)CN1CCCN(C)CC1. The van der Waals surface area contributed by atoms with E-state index in [0.717, 1.165) is 26.2 Å². The predicted molar refractivity (Wildman–Crippen MR) is 58.5 cm³/mol. The molecule has 1 aliphatic rings. The predicted octanol–water partition coefficient (Wildman–Crippen LogP) is -0.796. The first-order valence-corrected chi connectivity index (χ1v) is 5.45. The summed E-state index contributed by atoms with van der Waals surface area (Å²) in [6, 6.07) is 0.221. The molecule has 84 valence electrons. The van der Waals surface area contributed by atoms with Gasteiger partial charge < -0.3 is 20.2 Å². The van der Waals surface area contributed by atoms with Crippen molar-refractivity contribution in [1.29, 1.82) is 0 Å². The van der Waals surface area contributed by atoms with Crippen LogP contribution in [0.3, 0.4) is 0 Å². The number of nitrogens with one attached hydrogen (secondary N) is 1. The maximum absolute atomic E-state index is 9.08. The summed E-state index contributed by atoms with van der Waals surface area (Å²) in [6.07, 6.45) is 1.23. The van der Waals surface area contributed by atoms with Crippen molar-refractivity contribution in [3.05, 3.63) is 0 Å². The van der Waals surface area contributed by atoms with Gasteiger partial charge in [-0.1, -0.05) is 0 Å². The average molecular weight is 201 g/mol. The number of nitrogens with zero attached hydrogens (tertiary/aromatic N) is 2. The molecule has 1 saturated heterocycles. The van der Waals surface area contributed by atoms with Crippen LogP contribution in [0.1, 0.15) is 6.42 Å². The molecule has 1 rings (SSSR count). The standard InChI is InChI=1S/C10H23N3O/c1-11-10(9-14)8-13-5-3-4-12(2)6-7-13/h10-11,14H,3-9H2,1-2H3. The highest BCUT2D eigenvalue weighted by atomic mass is 16.3. The molecular weight excluding hydrogens is 178 g/mol. The zero-order valence-electron chi connectivity index (χ0n) is 9.37. The third kappa shape index (κ3) is 3.92. The molecule has 0 bridgehead atoms. The minimum Gasteiger partial charge on any atom is -0.395 e. The number of aliphatic hydroxyl groups is 1. The van der Waals surface area contributed by atoms with E-state index in [9.17, 15) is 0 Å². The third-order valence-corrected chi connectivity index (χ3v) is 2.92. The van der Waals surface area contributed by atoms with Gasteiger partial charge in [-0.2, -0.15) is 0 Å². The summed E-state index contributed by atoms with van der Waals surface area (Å²) in [4.78, 5) is 4.80. The zero-order valence-corrected chi connectivity index (χ0v) is 9.37. The van der Waals surface area contributed by atoms with Crippen molar-refractivity contribution >= 4 is 0 Å². The van der Waals surface area contributed by atoms with Crippen LogP contribution in [0.5, 0.6) is 0 Å². The molecule has 0 amide bonds. The summed E-state index contributed by atoms with van der Waals surface area (Å²) >= 11 is 0. The van der Waals surface area contributed by atoms with Crippen LogP contribution in [0.15, 0.2) is 0 Å². The largest absolute Gasteiger partial charge is 0.395 e. The summed E-state index contributed by atoms with van der Waals surface area (Å²) in [7, 11) is 4.08. The van der Waals surface area contributed by atoms with Crippen molar-refractivity contribution < 1.29 is 5.11 Å². The van der Waals surface area contributed by atoms with Crippen molar-refractivity contribution in [2.24, 2.45) is 0 Å². The lowest BCUT2D eigenvalue weighted by Gasteiger charge is -2.24. The fraction of sp³-hybridized carbons (Fsp3) is 1.00. The first kappa shape index (κ1) is 11.9. The summed E-state index contributed by atoms with van der Waals surface area (Å²) in [5.74, 6) is 0. The van der Waals surface area contributed by atoms with E-state index >= 15 is 0 Å². The Bertz CT molecular complexity index is 150. The second kappa shape index (κ2) is 6.35. The van der Waals surface area contributed by atoms with Gasteiger partial charge in [0.15, 0.2) is 0 Å². The zero-order chi connectivity index (χ0) is 10.4. The highest BCUT2D eigenvalue weighted by Crippen LogP contribution is 2.01. The normalized spacial score (nSPS) is 23.4. The molecule has 0 aromatic carbocycles. The van der Waals surface area contributed by atoms with Crippen LogP contribution in [0.4, 0.5) is 0 Å². The number of hydrogen-bond acceptors (Lipinski definition) is 4. The van der Waals surface area contributed by atoms with Crippen LogP contribution in [0.25, 0.3) is 0 Å². The Hall–Kier alpha value is -0.160. The van der Waals surface area contributed by atoms with Crippen LogP contribution < -0.4 is 5.32 Å². The van der Waals surface area contributed by atoms with Gasteiger partial charge >= 0.3 is 0 Å². The highest BCUT2D eigenvalue weighted by molar-refractivity contribution is 4.73.